The molecule has 1 aromatic heterocycles. The first kappa shape index (κ1) is 15.4. The van der Waals surface area contributed by atoms with Crippen LogP contribution in [-0.2, 0) is 0 Å². The minimum absolute atomic E-state index is 0.689. The first-order valence-electron chi connectivity index (χ1n) is 7.73. The van der Waals surface area contributed by atoms with E-state index in [9.17, 15) is 0 Å². The summed E-state index contributed by atoms with van der Waals surface area (Å²) in [6, 6.07) is 14.9. The second-order valence-corrected chi connectivity index (χ2v) is 7.28. The molecule has 4 rings (SSSR count). The number of thiazole rings is 1. The minimum Gasteiger partial charge on any atom is -0.489 e. The molecule has 0 spiro atoms. The zero-order chi connectivity index (χ0) is 16.4. The van der Waals surface area contributed by atoms with Crippen LogP contribution in [0.5, 0.6) is 5.75 Å². The average molecular weight is 355 g/mol. The van der Waals surface area contributed by atoms with Crippen LogP contribution < -0.4 is 14.4 Å². The SMILES string of the molecule is Cc1cccc(N2CCOc3cc(SNc4nccs4)ccc32)c1. The van der Waals surface area contributed by atoms with E-state index in [1.165, 1.54) is 11.3 Å². The average Bonchev–Trinajstić information content (AvgIpc) is 3.13. The number of hydrogen-bond donors (Lipinski definition) is 1. The highest BCUT2D eigenvalue weighted by atomic mass is 32.2. The van der Waals surface area contributed by atoms with Gasteiger partial charge in [-0.25, -0.2) is 4.98 Å². The van der Waals surface area contributed by atoms with E-state index in [0.717, 1.165) is 28.0 Å². The number of aryl methyl sites for hydroxylation is 1. The first-order chi connectivity index (χ1) is 11.8. The second-order valence-electron chi connectivity index (χ2n) is 5.51. The Morgan fingerprint density at radius 1 is 1.25 bits per heavy atom. The molecule has 0 fully saturated rings. The van der Waals surface area contributed by atoms with Gasteiger partial charge in [-0.1, -0.05) is 12.1 Å². The van der Waals surface area contributed by atoms with Crippen LogP contribution in [0.25, 0.3) is 0 Å². The van der Waals surface area contributed by atoms with Gasteiger partial charge < -0.3 is 14.4 Å². The number of aromatic nitrogens is 1. The lowest BCUT2D eigenvalue weighted by molar-refractivity contribution is 0.313. The predicted molar refractivity (Wildman–Crippen MR) is 102 cm³/mol. The molecule has 0 saturated heterocycles. The van der Waals surface area contributed by atoms with Crippen molar-refractivity contribution in [1.82, 2.24) is 4.98 Å². The summed E-state index contributed by atoms with van der Waals surface area (Å²) < 4.78 is 9.14. The van der Waals surface area contributed by atoms with Crippen LogP contribution >= 0.6 is 23.3 Å². The Morgan fingerprint density at radius 3 is 3.04 bits per heavy atom. The summed E-state index contributed by atoms with van der Waals surface area (Å²) in [5.41, 5.74) is 3.59. The van der Waals surface area contributed by atoms with Crippen LogP contribution in [0.2, 0.25) is 0 Å². The second kappa shape index (κ2) is 6.75. The van der Waals surface area contributed by atoms with Crippen molar-refractivity contribution in [2.45, 2.75) is 11.8 Å². The molecule has 0 aliphatic carbocycles. The molecular formula is C18H17N3OS2. The summed E-state index contributed by atoms with van der Waals surface area (Å²) in [6.45, 7) is 3.67. The van der Waals surface area contributed by atoms with Gasteiger partial charge in [0.2, 0.25) is 0 Å². The molecular weight excluding hydrogens is 338 g/mol. The highest BCUT2D eigenvalue weighted by Crippen LogP contribution is 2.39. The van der Waals surface area contributed by atoms with Crippen molar-refractivity contribution in [3.63, 3.8) is 0 Å². The Kier molecular flexibility index (Phi) is 4.32. The number of nitrogens with one attached hydrogen (secondary N) is 1. The Balaban J connectivity index is 1.57. The number of rotatable bonds is 4. The molecule has 0 bridgehead atoms. The number of fused-ring (bicyclic) bond motifs is 1. The Morgan fingerprint density at radius 2 is 2.21 bits per heavy atom. The molecule has 2 heterocycles. The molecule has 1 N–H and O–H groups in total. The molecule has 24 heavy (non-hydrogen) atoms. The first-order valence-corrected chi connectivity index (χ1v) is 9.43. The molecule has 0 saturated carbocycles. The van der Waals surface area contributed by atoms with Gasteiger partial charge in [0, 0.05) is 22.2 Å². The largest absolute Gasteiger partial charge is 0.489 e. The van der Waals surface area contributed by atoms with Gasteiger partial charge in [0.15, 0.2) is 5.13 Å². The van der Waals surface area contributed by atoms with Crippen molar-refractivity contribution in [2.24, 2.45) is 0 Å². The van der Waals surface area contributed by atoms with Crippen molar-refractivity contribution >= 4 is 39.8 Å². The number of benzene rings is 2. The fourth-order valence-electron chi connectivity index (χ4n) is 2.70. The smallest absolute Gasteiger partial charge is 0.192 e. The summed E-state index contributed by atoms with van der Waals surface area (Å²) in [5, 5.41) is 2.86. The van der Waals surface area contributed by atoms with Gasteiger partial charge >= 0.3 is 0 Å². The molecule has 6 heteroatoms. The lowest BCUT2D eigenvalue weighted by Crippen LogP contribution is -2.28. The van der Waals surface area contributed by atoms with Gasteiger partial charge in [-0.05, 0) is 54.8 Å². The molecule has 4 nitrogen and oxygen atoms in total. The zero-order valence-electron chi connectivity index (χ0n) is 13.2. The maximum absolute atomic E-state index is 5.89. The predicted octanol–water partition coefficient (Wildman–Crippen LogP) is 5.10. The van der Waals surface area contributed by atoms with Gasteiger partial charge in [-0.3, -0.25) is 0 Å². The topological polar surface area (TPSA) is 37.4 Å². The molecule has 1 aliphatic rings. The van der Waals surface area contributed by atoms with Crippen molar-refractivity contribution in [1.29, 1.82) is 0 Å². The molecule has 0 radical (unpaired) electrons. The van der Waals surface area contributed by atoms with Crippen molar-refractivity contribution in [2.75, 3.05) is 22.8 Å². The normalized spacial score (nSPS) is 13.3. The molecule has 1 aliphatic heterocycles. The van der Waals surface area contributed by atoms with Gasteiger partial charge in [0.05, 0.1) is 12.2 Å². The standard InChI is InChI=1S/C18H17N3OS2/c1-13-3-2-4-14(11-13)21-8-9-22-17-12-15(5-6-16(17)21)24-20-18-19-7-10-23-18/h2-7,10-12H,8-9H2,1H3,(H,19,20). The maximum Gasteiger partial charge on any atom is 0.192 e. The van der Waals surface area contributed by atoms with E-state index in [1.54, 1.807) is 29.5 Å². The van der Waals surface area contributed by atoms with Crippen LogP contribution in [0, 0.1) is 6.92 Å². The Bertz CT molecular complexity index is 836. The third-order valence-electron chi connectivity index (χ3n) is 3.80. The van der Waals surface area contributed by atoms with Crippen LogP contribution in [0.4, 0.5) is 16.5 Å². The quantitative estimate of drug-likeness (QED) is 0.659. The lowest BCUT2D eigenvalue weighted by atomic mass is 10.1. The van der Waals surface area contributed by atoms with Crippen LogP contribution in [0.3, 0.4) is 0 Å². The number of ether oxygens (including phenoxy) is 1. The van der Waals surface area contributed by atoms with E-state index < -0.39 is 0 Å². The van der Waals surface area contributed by atoms with Gasteiger partial charge in [0.25, 0.3) is 0 Å². The maximum atomic E-state index is 5.89. The third-order valence-corrected chi connectivity index (χ3v) is 5.40. The van der Waals surface area contributed by atoms with Crippen LogP contribution in [0.1, 0.15) is 5.56 Å². The van der Waals surface area contributed by atoms with E-state index in [1.807, 2.05) is 5.38 Å². The van der Waals surface area contributed by atoms with E-state index >= 15 is 0 Å². The number of nitrogens with zero attached hydrogens (tertiary/aromatic N) is 2. The fourth-order valence-corrected chi connectivity index (χ4v) is 3.95. The Labute approximate surface area is 149 Å². The minimum atomic E-state index is 0.689. The fraction of sp³-hybridized carbons (Fsp3) is 0.167. The van der Waals surface area contributed by atoms with Crippen LogP contribution in [0.15, 0.2) is 58.9 Å². The monoisotopic (exact) mass is 355 g/mol. The van der Waals surface area contributed by atoms with E-state index in [0.29, 0.717) is 6.61 Å². The highest BCUT2D eigenvalue weighted by Gasteiger charge is 2.20. The van der Waals surface area contributed by atoms with Gasteiger partial charge in [0.1, 0.15) is 12.4 Å². The molecule has 122 valence electrons. The Hall–Kier alpha value is -2.18. The summed E-state index contributed by atoms with van der Waals surface area (Å²) in [4.78, 5) is 7.65. The van der Waals surface area contributed by atoms with Crippen molar-refractivity contribution in [3.05, 3.63) is 59.6 Å². The zero-order valence-corrected chi connectivity index (χ0v) is 14.9. The highest BCUT2D eigenvalue weighted by molar-refractivity contribution is 8.00. The van der Waals surface area contributed by atoms with E-state index in [-0.39, 0.29) is 0 Å². The summed E-state index contributed by atoms with van der Waals surface area (Å²) in [7, 11) is 0. The van der Waals surface area contributed by atoms with Gasteiger partial charge in [-0.2, -0.15) is 0 Å². The summed E-state index contributed by atoms with van der Waals surface area (Å²) in [5.74, 6) is 0.925. The van der Waals surface area contributed by atoms with E-state index in [4.69, 9.17) is 4.74 Å². The molecule has 0 atom stereocenters. The molecule has 0 unspecified atom stereocenters. The van der Waals surface area contributed by atoms with Crippen molar-refractivity contribution < 1.29 is 4.74 Å². The van der Waals surface area contributed by atoms with Crippen LogP contribution in [-0.4, -0.2) is 18.1 Å². The van der Waals surface area contributed by atoms with Crippen molar-refractivity contribution in [3.8, 4) is 5.75 Å². The summed E-state index contributed by atoms with van der Waals surface area (Å²) >= 11 is 3.14. The molecule has 3 aromatic rings. The van der Waals surface area contributed by atoms with Gasteiger partial charge in [-0.15, -0.1) is 11.3 Å². The number of hydrogen-bond acceptors (Lipinski definition) is 6. The third kappa shape index (κ3) is 3.20. The molecule has 0 amide bonds. The number of anilines is 3. The van der Waals surface area contributed by atoms with E-state index in [2.05, 4.69) is 64.0 Å². The lowest BCUT2D eigenvalue weighted by Gasteiger charge is -2.31. The molecule has 2 aromatic carbocycles. The summed E-state index contributed by atoms with van der Waals surface area (Å²) in [6.07, 6.45) is 1.79.